The van der Waals surface area contributed by atoms with Gasteiger partial charge in [-0.2, -0.15) is 0 Å². The first-order valence-electron chi connectivity index (χ1n) is 8.37. The summed E-state index contributed by atoms with van der Waals surface area (Å²) < 4.78 is 11.2. The number of rotatable bonds is 8. The van der Waals surface area contributed by atoms with Crippen LogP contribution in [0.5, 0.6) is 0 Å². The van der Waals surface area contributed by atoms with Crippen molar-refractivity contribution in [1.82, 2.24) is 5.32 Å². The van der Waals surface area contributed by atoms with Crippen molar-refractivity contribution >= 4 is 11.6 Å². The SMILES string of the molecule is CCN(CC(=O)NCC(C)CC1(C)OCCO1)c1ccccc1. The van der Waals surface area contributed by atoms with Gasteiger partial charge >= 0.3 is 0 Å². The Kier molecular flexibility index (Phi) is 6.42. The van der Waals surface area contributed by atoms with Gasteiger partial charge in [0.15, 0.2) is 5.79 Å². The van der Waals surface area contributed by atoms with Gasteiger partial charge in [0.1, 0.15) is 0 Å². The van der Waals surface area contributed by atoms with E-state index in [1.165, 1.54) is 0 Å². The third kappa shape index (κ3) is 5.52. The minimum atomic E-state index is -0.496. The number of hydrogen-bond acceptors (Lipinski definition) is 4. The molecule has 0 aromatic heterocycles. The summed E-state index contributed by atoms with van der Waals surface area (Å²) in [6, 6.07) is 10.00. The van der Waals surface area contributed by atoms with Gasteiger partial charge in [-0.05, 0) is 31.9 Å². The fourth-order valence-corrected chi connectivity index (χ4v) is 2.92. The van der Waals surface area contributed by atoms with Gasteiger partial charge < -0.3 is 19.7 Å². The summed E-state index contributed by atoms with van der Waals surface area (Å²) in [7, 11) is 0. The zero-order chi connectivity index (χ0) is 16.7. The van der Waals surface area contributed by atoms with Crippen LogP contribution in [0.15, 0.2) is 30.3 Å². The van der Waals surface area contributed by atoms with E-state index in [0.29, 0.717) is 32.2 Å². The number of para-hydroxylation sites is 1. The molecule has 1 N–H and O–H groups in total. The van der Waals surface area contributed by atoms with Crippen LogP contribution in [-0.2, 0) is 14.3 Å². The van der Waals surface area contributed by atoms with E-state index in [1.54, 1.807) is 0 Å². The Bertz CT molecular complexity index is 486. The molecule has 1 aromatic rings. The fraction of sp³-hybridized carbons (Fsp3) is 0.611. The molecule has 1 fully saturated rings. The quantitative estimate of drug-likeness (QED) is 0.799. The second-order valence-corrected chi connectivity index (χ2v) is 6.29. The molecule has 5 heteroatoms. The third-order valence-corrected chi connectivity index (χ3v) is 4.10. The normalized spacial score (nSPS) is 17.7. The maximum absolute atomic E-state index is 12.2. The molecule has 0 saturated carbocycles. The number of benzene rings is 1. The van der Waals surface area contributed by atoms with Gasteiger partial charge in [0.2, 0.25) is 5.91 Å². The highest BCUT2D eigenvalue weighted by atomic mass is 16.7. The van der Waals surface area contributed by atoms with Crippen LogP contribution in [-0.4, -0.2) is 44.5 Å². The summed E-state index contributed by atoms with van der Waals surface area (Å²) in [4.78, 5) is 14.3. The van der Waals surface area contributed by atoms with Crippen molar-refractivity contribution < 1.29 is 14.3 Å². The molecule has 1 heterocycles. The summed E-state index contributed by atoms with van der Waals surface area (Å²) in [5.41, 5.74) is 1.07. The number of nitrogens with zero attached hydrogens (tertiary/aromatic N) is 1. The van der Waals surface area contributed by atoms with Crippen molar-refractivity contribution in [1.29, 1.82) is 0 Å². The van der Waals surface area contributed by atoms with Crippen LogP contribution < -0.4 is 10.2 Å². The Morgan fingerprint density at radius 3 is 2.57 bits per heavy atom. The Morgan fingerprint density at radius 2 is 1.96 bits per heavy atom. The van der Waals surface area contributed by atoms with Crippen molar-refractivity contribution in [3.8, 4) is 0 Å². The summed E-state index contributed by atoms with van der Waals surface area (Å²) >= 11 is 0. The van der Waals surface area contributed by atoms with Crippen LogP contribution in [0.4, 0.5) is 5.69 Å². The van der Waals surface area contributed by atoms with Crippen molar-refractivity contribution in [2.45, 2.75) is 33.0 Å². The molecule has 23 heavy (non-hydrogen) atoms. The average Bonchev–Trinajstić information content (AvgIpc) is 2.97. The van der Waals surface area contributed by atoms with Gasteiger partial charge in [-0.25, -0.2) is 0 Å². The Hall–Kier alpha value is -1.59. The van der Waals surface area contributed by atoms with Crippen molar-refractivity contribution in [3.05, 3.63) is 30.3 Å². The molecule has 0 aliphatic carbocycles. The molecule has 1 aromatic carbocycles. The van der Waals surface area contributed by atoms with Gasteiger partial charge in [0, 0.05) is 25.2 Å². The monoisotopic (exact) mass is 320 g/mol. The Labute approximate surface area is 139 Å². The molecule has 5 nitrogen and oxygen atoms in total. The van der Waals surface area contributed by atoms with Crippen LogP contribution >= 0.6 is 0 Å². The molecule has 1 aliphatic heterocycles. The number of hydrogen-bond donors (Lipinski definition) is 1. The molecular formula is C18H28N2O3. The predicted octanol–water partition coefficient (Wildman–Crippen LogP) is 2.42. The van der Waals surface area contributed by atoms with E-state index in [0.717, 1.165) is 18.7 Å². The van der Waals surface area contributed by atoms with E-state index in [4.69, 9.17) is 9.47 Å². The minimum absolute atomic E-state index is 0.0426. The number of carbonyl (C=O) groups is 1. The smallest absolute Gasteiger partial charge is 0.239 e. The largest absolute Gasteiger partial charge is 0.363 e. The van der Waals surface area contributed by atoms with Crippen LogP contribution in [0.25, 0.3) is 0 Å². The van der Waals surface area contributed by atoms with E-state index in [2.05, 4.69) is 24.1 Å². The topological polar surface area (TPSA) is 50.8 Å². The first kappa shape index (κ1) is 17.8. The lowest BCUT2D eigenvalue weighted by molar-refractivity contribution is -0.154. The van der Waals surface area contributed by atoms with Crippen molar-refractivity contribution in [2.75, 3.05) is 37.7 Å². The van der Waals surface area contributed by atoms with Gasteiger partial charge in [0.05, 0.1) is 19.8 Å². The summed E-state index contributed by atoms with van der Waals surface area (Å²) in [5, 5.41) is 3.02. The molecule has 1 unspecified atom stereocenters. The highest BCUT2D eigenvalue weighted by Gasteiger charge is 2.32. The van der Waals surface area contributed by atoms with Gasteiger partial charge in [-0.1, -0.05) is 25.1 Å². The average molecular weight is 320 g/mol. The van der Waals surface area contributed by atoms with E-state index < -0.39 is 5.79 Å². The molecule has 0 spiro atoms. The number of carbonyl (C=O) groups excluding carboxylic acids is 1. The van der Waals surface area contributed by atoms with Crippen LogP contribution in [0.2, 0.25) is 0 Å². The molecule has 1 aliphatic rings. The number of ether oxygens (including phenoxy) is 2. The maximum Gasteiger partial charge on any atom is 0.239 e. The second kappa shape index (κ2) is 8.31. The lowest BCUT2D eigenvalue weighted by Gasteiger charge is -2.26. The molecule has 1 saturated heterocycles. The predicted molar refractivity (Wildman–Crippen MR) is 91.4 cm³/mol. The number of nitrogens with one attached hydrogen (secondary N) is 1. The lowest BCUT2D eigenvalue weighted by atomic mass is 10.0. The molecule has 1 atom stereocenters. The summed E-state index contributed by atoms with van der Waals surface area (Å²) in [5.74, 6) is -0.154. The first-order valence-corrected chi connectivity index (χ1v) is 8.37. The van der Waals surface area contributed by atoms with Crippen molar-refractivity contribution in [2.24, 2.45) is 5.92 Å². The van der Waals surface area contributed by atoms with E-state index in [1.807, 2.05) is 37.3 Å². The van der Waals surface area contributed by atoms with Gasteiger partial charge in [-0.15, -0.1) is 0 Å². The third-order valence-electron chi connectivity index (χ3n) is 4.10. The van der Waals surface area contributed by atoms with Gasteiger partial charge in [-0.3, -0.25) is 4.79 Å². The minimum Gasteiger partial charge on any atom is -0.363 e. The Morgan fingerprint density at radius 1 is 1.30 bits per heavy atom. The highest BCUT2D eigenvalue weighted by molar-refractivity contribution is 5.81. The van der Waals surface area contributed by atoms with E-state index in [-0.39, 0.29) is 5.91 Å². The summed E-state index contributed by atoms with van der Waals surface area (Å²) in [6.45, 7) is 9.23. The number of amides is 1. The second-order valence-electron chi connectivity index (χ2n) is 6.29. The zero-order valence-electron chi connectivity index (χ0n) is 14.4. The van der Waals surface area contributed by atoms with Crippen LogP contribution in [0.3, 0.4) is 0 Å². The first-order chi connectivity index (χ1) is 11.0. The lowest BCUT2D eigenvalue weighted by Crippen LogP contribution is -2.40. The maximum atomic E-state index is 12.2. The molecule has 2 rings (SSSR count). The van der Waals surface area contributed by atoms with Crippen molar-refractivity contribution in [3.63, 3.8) is 0 Å². The van der Waals surface area contributed by atoms with Gasteiger partial charge in [0.25, 0.3) is 0 Å². The number of anilines is 1. The molecule has 0 radical (unpaired) electrons. The van der Waals surface area contributed by atoms with E-state index >= 15 is 0 Å². The molecule has 0 bridgehead atoms. The summed E-state index contributed by atoms with van der Waals surface area (Å²) in [6.07, 6.45) is 0.781. The molecule has 128 valence electrons. The highest BCUT2D eigenvalue weighted by Crippen LogP contribution is 2.26. The fourth-order valence-electron chi connectivity index (χ4n) is 2.92. The van der Waals surface area contributed by atoms with E-state index in [9.17, 15) is 4.79 Å². The Balaban J connectivity index is 1.75. The standard InChI is InChI=1S/C18H28N2O3/c1-4-20(16-8-6-5-7-9-16)14-17(21)19-13-15(2)12-18(3)22-10-11-23-18/h5-9,15H,4,10-14H2,1-3H3,(H,19,21). The zero-order valence-corrected chi connectivity index (χ0v) is 14.4. The van der Waals surface area contributed by atoms with Crippen LogP contribution in [0, 0.1) is 5.92 Å². The number of likely N-dealkylation sites (N-methyl/N-ethyl adjacent to an activating group) is 1. The molecule has 1 amide bonds. The van der Waals surface area contributed by atoms with Crippen LogP contribution in [0.1, 0.15) is 27.2 Å². The molecular weight excluding hydrogens is 292 g/mol.